The Morgan fingerprint density at radius 1 is 1.26 bits per heavy atom. The lowest BCUT2D eigenvalue weighted by atomic mass is 10.1. The molecule has 3 aromatic rings. The second kappa shape index (κ2) is 8.02. The molecule has 3 heterocycles. The highest BCUT2D eigenvalue weighted by Crippen LogP contribution is 2.40. The van der Waals surface area contributed by atoms with Gasteiger partial charge >= 0.3 is 0 Å². The molecule has 0 spiro atoms. The van der Waals surface area contributed by atoms with Crippen LogP contribution in [0.4, 0.5) is 17.3 Å². The molecule has 0 bridgehead atoms. The van der Waals surface area contributed by atoms with Crippen molar-refractivity contribution in [2.24, 2.45) is 0 Å². The van der Waals surface area contributed by atoms with Gasteiger partial charge in [0.15, 0.2) is 17.5 Å². The van der Waals surface area contributed by atoms with Crippen molar-refractivity contribution in [1.82, 2.24) is 24.9 Å². The molecule has 4 rings (SSSR count). The number of aromatic nitrogens is 4. The van der Waals surface area contributed by atoms with Crippen molar-refractivity contribution in [3.05, 3.63) is 30.1 Å². The first kappa shape index (κ1) is 21.4. The zero-order chi connectivity index (χ0) is 22.2. The summed E-state index contributed by atoms with van der Waals surface area (Å²) in [7, 11) is -3.66. The number of aromatic amines is 1. The topological polar surface area (TPSA) is 142 Å². The monoisotopic (exact) mass is 461 g/mol. The zero-order valence-electron chi connectivity index (χ0n) is 17.3. The lowest BCUT2D eigenvalue weighted by molar-refractivity contribution is -0.105. The third-order valence-corrected chi connectivity index (χ3v) is 7.70. The summed E-state index contributed by atoms with van der Waals surface area (Å²) in [4.78, 5) is 20.3. The number of amides is 1. The number of H-pyrrole nitrogens is 1. The van der Waals surface area contributed by atoms with E-state index in [1.165, 1.54) is 12.3 Å². The summed E-state index contributed by atoms with van der Waals surface area (Å²) < 4.78 is 28.0. The van der Waals surface area contributed by atoms with Crippen LogP contribution in [0.2, 0.25) is 0 Å². The van der Waals surface area contributed by atoms with Gasteiger partial charge in [0.25, 0.3) is 10.0 Å². The van der Waals surface area contributed by atoms with E-state index in [2.05, 4.69) is 35.5 Å². The Bertz CT molecular complexity index is 1210. The van der Waals surface area contributed by atoms with E-state index in [4.69, 9.17) is 0 Å². The van der Waals surface area contributed by atoms with Crippen molar-refractivity contribution >= 4 is 45.1 Å². The third-order valence-electron chi connectivity index (χ3n) is 4.37. The lowest BCUT2D eigenvalue weighted by Crippen LogP contribution is -2.40. The minimum absolute atomic E-state index is 0.173. The summed E-state index contributed by atoms with van der Waals surface area (Å²) >= 11 is 1.07. The van der Waals surface area contributed by atoms with E-state index >= 15 is 0 Å². The molecule has 12 heteroatoms. The second-order valence-corrected chi connectivity index (χ2v) is 11.3. The van der Waals surface area contributed by atoms with Crippen LogP contribution in [0.5, 0.6) is 0 Å². The van der Waals surface area contributed by atoms with E-state index in [1.807, 2.05) is 6.07 Å². The molecule has 1 aliphatic rings. The number of thiophene rings is 1. The zero-order valence-corrected chi connectivity index (χ0v) is 18.9. The van der Waals surface area contributed by atoms with Crippen molar-refractivity contribution in [2.75, 3.05) is 10.6 Å². The van der Waals surface area contributed by atoms with Crippen LogP contribution in [0.25, 0.3) is 10.7 Å². The van der Waals surface area contributed by atoms with Gasteiger partial charge in [-0.1, -0.05) is 0 Å². The number of carbonyl (C=O) groups is 1. The fourth-order valence-electron chi connectivity index (χ4n) is 2.93. The molecule has 4 N–H and O–H groups in total. The van der Waals surface area contributed by atoms with Gasteiger partial charge in [-0.25, -0.2) is 23.1 Å². The first-order valence-electron chi connectivity index (χ1n) is 9.68. The van der Waals surface area contributed by atoms with Gasteiger partial charge in [0.1, 0.15) is 9.90 Å². The fraction of sp³-hybridized carbons (Fsp3) is 0.368. The maximum Gasteiger partial charge on any atom is 0.250 e. The van der Waals surface area contributed by atoms with Crippen LogP contribution >= 0.6 is 11.3 Å². The standard InChI is InChI=1S/C19H23N7O3S2/c1-19(2,3)26-31(28,29)16-7-6-14(30-16)18-20-9-13(21-10-27)17(23-18)22-15-8-12(24-25-15)11-4-5-11/h6-11,26H,4-5H2,1-3H3,(H,21,27)(H2,20,22,23,24,25). The maximum absolute atomic E-state index is 12.6. The molecule has 1 amide bonds. The molecule has 0 saturated heterocycles. The SMILES string of the molecule is CC(C)(C)NS(=O)(=O)c1ccc(-c2ncc(NC=O)c(Nc3cc(C4CC4)[nH]n3)n2)s1. The summed E-state index contributed by atoms with van der Waals surface area (Å²) in [5.41, 5.74) is 0.844. The molecule has 0 aromatic carbocycles. The highest BCUT2D eigenvalue weighted by molar-refractivity contribution is 7.91. The van der Waals surface area contributed by atoms with E-state index in [1.54, 1.807) is 26.8 Å². The van der Waals surface area contributed by atoms with Crippen molar-refractivity contribution in [2.45, 2.75) is 49.3 Å². The largest absolute Gasteiger partial charge is 0.324 e. The number of hydrogen-bond donors (Lipinski definition) is 4. The van der Waals surface area contributed by atoms with Crippen molar-refractivity contribution in [3.8, 4) is 10.7 Å². The number of carbonyl (C=O) groups excluding carboxylic acids is 1. The van der Waals surface area contributed by atoms with Gasteiger partial charge in [-0.15, -0.1) is 11.3 Å². The van der Waals surface area contributed by atoms with Crippen LogP contribution in [-0.2, 0) is 14.8 Å². The predicted molar refractivity (Wildman–Crippen MR) is 119 cm³/mol. The Balaban J connectivity index is 1.62. The van der Waals surface area contributed by atoms with Gasteiger partial charge < -0.3 is 10.6 Å². The van der Waals surface area contributed by atoms with E-state index in [0.717, 1.165) is 29.9 Å². The molecular weight excluding hydrogens is 438 g/mol. The number of nitrogens with zero attached hydrogens (tertiary/aromatic N) is 3. The van der Waals surface area contributed by atoms with Crippen LogP contribution in [0.1, 0.15) is 45.2 Å². The Hall–Kier alpha value is -2.83. The minimum Gasteiger partial charge on any atom is -0.324 e. The Labute approximate surface area is 184 Å². The summed E-state index contributed by atoms with van der Waals surface area (Å²) in [5, 5.41) is 12.9. The molecule has 3 aromatic heterocycles. The summed E-state index contributed by atoms with van der Waals surface area (Å²) in [6, 6.07) is 5.10. The van der Waals surface area contributed by atoms with Crippen molar-refractivity contribution in [3.63, 3.8) is 0 Å². The molecule has 1 fully saturated rings. The number of sulfonamides is 1. The summed E-state index contributed by atoms with van der Waals surface area (Å²) in [6.45, 7) is 5.34. The first-order valence-corrected chi connectivity index (χ1v) is 12.0. The second-order valence-electron chi connectivity index (χ2n) is 8.30. The van der Waals surface area contributed by atoms with E-state index in [0.29, 0.717) is 40.4 Å². The van der Waals surface area contributed by atoms with E-state index in [9.17, 15) is 13.2 Å². The van der Waals surface area contributed by atoms with Gasteiger partial charge in [0.05, 0.1) is 11.1 Å². The molecule has 0 radical (unpaired) electrons. The highest BCUT2D eigenvalue weighted by Gasteiger charge is 2.26. The van der Waals surface area contributed by atoms with Crippen molar-refractivity contribution < 1.29 is 13.2 Å². The molecule has 1 aliphatic carbocycles. The quantitative estimate of drug-likeness (QED) is 0.377. The molecule has 1 saturated carbocycles. The number of nitrogens with one attached hydrogen (secondary N) is 4. The van der Waals surface area contributed by atoms with Gasteiger partial charge in [0, 0.05) is 23.2 Å². The van der Waals surface area contributed by atoms with Gasteiger partial charge in [-0.05, 0) is 45.7 Å². The Kier molecular flexibility index (Phi) is 5.54. The number of hydrogen-bond acceptors (Lipinski definition) is 8. The third kappa shape index (κ3) is 5.09. The first-order chi connectivity index (χ1) is 14.6. The van der Waals surface area contributed by atoms with Crippen LogP contribution in [0.15, 0.2) is 28.6 Å². The average molecular weight is 462 g/mol. The highest BCUT2D eigenvalue weighted by atomic mass is 32.2. The van der Waals surface area contributed by atoms with Gasteiger partial charge in [0.2, 0.25) is 6.41 Å². The van der Waals surface area contributed by atoms with Crippen LogP contribution in [0, 0.1) is 0 Å². The van der Waals surface area contributed by atoms with Crippen LogP contribution < -0.4 is 15.4 Å². The van der Waals surface area contributed by atoms with Gasteiger partial charge in [-0.2, -0.15) is 5.10 Å². The number of anilines is 3. The number of rotatable bonds is 8. The normalized spacial score (nSPS) is 14.4. The van der Waals surface area contributed by atoms with E-state index < -0.39 is 15.6 Å². The molecule has 31 heavy (non-hydrogen) atoms. The van der Waals surface area contributed by atoms with Crippen LogP contribution in [0.3, 0.4) is 0 Å². The molecular formula is C19H23N7O3S2. The molecule has 0 aliphatic heterocycles. The molecule has 0 unspecified atom stereocenters. The van der Waals surface area contributed by atoms with Crippen LogP contribution in [-0.4, -0.2) is 40.5 Å². The summed E-state index contributed by atoms with van der Waals surface area (Å²) in [6.07, 6.45) is 4.29. The maximum atomic E-state index is 12.6. The predicted octanol–water partition coefficient (Wildman–Crippen LogP) is 3.19. The smallest absolute Gasteiger partial charge is 0.250 e. The van der Waals surface area contributed by atoms with Crippen molar-refractivity contribution in [1.29, 1.82) is 0 Å². The lowest BCUT2D eigenvalue weighted by Gasteiger charge is -2.19. The fourth-order valence-corrected chi connectivity index (χ4v) is 5.59. The summed E-state index contributed by atoms with van der Waals surface area (Å²) in [5.74, 6) is 1.78. The van der Waals surface area contributed by atoms with Gasteiger partial charge in [-0.3, -0.25) is 9.89 Å². The Morgan fingerprint density at radius 3 is 2.71 bits per heavy atom. The minimum atomic E-state index is -3.66. The molecule has 10 nitrogen and oxygen atoms in total. The Morgan fingerprint density at radius 2 is 2.03 bits per heavy atom. The average Bonchev–Trinajstić information content (AvgIpc) is 3.21. The molecule has 0 atom stereocenters. The van der Waals surface area contributed by atoms with E-state index in [-0.39, 0.29) is 4.21 Å². The molecule has 164 valence electrons.